The number of benzene rings is 3. The first-order chi connectivity index (χ1) is 15.9. The molecule has 0 aliphatic carbocycles. The van der Waals surface area contributed by atoms with E-state index in [1.54, 1.807) is 36.4 Å². The van der Waals surface area contributed by atoms with Crippen LogP contribution in [0, 0.1) is 16.0 Å². The van der Waals surface area contributed by atoms with Gasteiger partial charge in [0.15, 0.2) is 6.10 Å². The number of rotatable bonds is 4. The third kappa shape index (κ3) is 3.52. The number of halogens is 2. The summed E-state index contributed by atoms with van der Waals surface area (Å²) < 4.78 is 0. The maximum atomic E-state index is 13.6. The van der Waals surface area contributed by atoms with Gasteiger partial charge in [-0.15, -0.1) is 0 Å². The number of hydroxylamine groups is 1. The van der Waals surface area contributed by atoms with Crippen LogP contribution in [0.1, 0.15) is 11.6 Å². The van der Waals surface area contributed by atoms with Crippen molar-refractivity contribution >= 4 is 52.1 Å². The summed E-state index contributed by atoms with van der Waals surface area (Å²) in [6.45, 7) is 0. The van der Waals surface area contributed by atoms with E-state index >= 15 is 0 Å². The van der Waals surface area contributed by atoms with Crippen LogP contribution in [0.2, 0.25) is 10.0 Å². The van der Waals surface area contributed by atoms with Crippen LogP contribution in [0.5, 0.6) is 0 Å². The highest BCUT2D eigenvalue weighted by Gasteiger charge is 2.60. The van der Waals surface area contributed by atoms with Gasteiger partial charge in [-0.25, -0.2) is 9.96 Å². The summed E-state index contributed by atoms with van der Waals surface area (Å²) in [6, 6.07) is 18.7. The molecule has 3 aromatic rings. The average Bonchev–Trinajstić information content (AvgIpc) is 3.32. The SMILES string of the molecule is O=C1[C@H]2[C@H](ON(c3ccccc3)[C@@H]2c2cccc([N+](=O)[O-])c2)C(=O)N1c1ccc(Cl)c(Cl)c1. The maximum absolute atomic E-state index is 13.6. The number of para-hydroxylation sites is 1. The quantitative estimate of drug-likeness (QED) is 0.296. The van der Waals surface area contributed by atoms with E-state index in [0.29, 0.717) is 16.3 Å². The molecule has 2 fully saturated rings. The molecule has 3 aromatic carbocycles. The number of nitro groups is 1. The fourth-order valence-corrected chi connectivity index (χ4v) is 4.55. The van der Waals surface area contributed by atoms with E-state index in [0.717, 1.165) is 4.90 Å². The lowest BCUT2D eigenvalue weighted by molar-refractivity contribution is -0.384. The Kier molecular flexibility index (Phi) is 5.28. The second-order valence-electron chi connectivity index (χ2n) is 7.62. The predicted octanol–water partition coefficient (Wildman–Crippen LogP) is 4.95. The minimum Gasteiger partial charge on any atom is -0.273 e. The van der Waals surface area contributed by atoms with Gasteiger partial charge in [0.05, 0.1) is 32.4 Å². The molecule has 33 heavy (non-hydrogen) atoms. The Labute approximate surface area is 198 Å². The lowest BCUT2D eigenvalue weighted by Gasteiger charge is -2.28. The number of carbonyl (C=O) groups is 2. The smallest absolute Gasteiger partial charge is 0.269 e. The summed E-state index contributed by atoms with van der Waals surface area (Å²) in [5.41, 5.74) is 1.26. The van der Waals surface area contributed by atoms with Gasteiger partial charge < -0.3 is 0 Å². The molecular formula is C23H15Cl2N3O5. The number of nitrogens with zero attached hydrogens (tertiary/aromatic N) is 3. The lowest BCUT2D eigenvalue weighted by atomic mass is 9.90. The van der Waals surface area contributed by atoms with Gasteiger partial charge in [0.25, 0.3) is 11.6 Å². The first-order valence-electron chi connectivity index (χ1n) is 9.95. The predicted molar refractivity (Wildman–Crippen MR) is 122 cm³/mol. The minimum atomic E-state index is -1.10. The third-order valence-corrected chi connectivity index (χ3v) is 6.45. The monoisotopic (exact) mass is 483 g/mol. The van der Waals surface area contributed by atoms with Gasteiger partial charge >= 0.3 is 0 Å². The van der Waals surface area contributed by atoms with E-state index in [4.69, 9.17) is 28.0 Å². The zero-order valence-corrected chi connectivity index (χ0v) is 18.3. The zero-order valence-electron chi connectivity index (χ0n) is 16.8. The summed E-state index contributed by atoms with van der Waals surface area (Å²) in [5, 5.41) is 13.3. The first kappa shape index (κ1) is 21.4. The molecule has 2 aliphatic heterocycles. The van der Waals surface area contributed by atoms with E-state index in [9.17, 15) is 19.7 Å². The number of imide groups is 1. The van der Waals surface area contributed by atoms with Gasteiger partial charge in [-0.2, -0.15) is 0 Å². The zero-order chi connectivity index (χ0) is 23.3. The highest BCUT2D eigenvalue weighted by Crippen LogP contribution is 2.48. The molecule has 0 spiro atoms. The molecule has 0 saturated carbocycles. The molecule has 3 atom stereocenters. The summed E-state index contributed by atoms with van der Waals surface area (Å²) in [5.74, 6) is -1.95. The van der Waals surface area contributed by atoms with Crippen molar-refractivity contribution in [2.24, 2.45) is 5.92 Å². The van der Waals surface area contributed by atoms with Crippen LogP contribution in [-0.2, 0) is 14.4 Å². The Morgan fingerprint density at radius 2 is 1.61 bits per heavy atom. The second-order valence-corrected chi connectivity index (χ2v) is 8.43. The standard InChI is InChI=1S/C23H15Cl2N3O5/c24-17-10-9-15(12-18(17)25)26-22(29)19-20(13-5-4-8-16(11-13)28(31)32)27(33-21(19)23(26)30)14-6-2-1-3-7-14/h1-12,19-21H/t19-,20-,21+/m1/s1. The van der Waals surface area contributed by atoms with Crippen molar-refractivity contribution in [1.82, 2.24) is 0 Å². The molecule has 0 bridgehead atoms. The molecule has 0 unspecified atom stereocenters. The van der Waals surface area contributed by atoms with Gasteiger partial charge in [0.1, 0.15) is 5.92 Å². The normalized spacial score (nSPS) is 22.1. The lowest BCUT2D eigenvalue weighted by Crippen LogP contribution is -2.37. The summed E-state index contributed by atoms with van der Waals surface area (Å²) in [4.78, 5) is 44.8. The molecule has 2 heterocycles. The summed E-state index contributed by atoms with van der Waals surface area (Å²) in [7, 11) is 0. The van der Waals surface area contributed by atoms with Crippen molar-refractivity contribution in [1.29, 1.82) is 0 Å². The van der Waals surface area contributed by atoms with Crippen LogP contribution in [0.15, 0.2) is 72.8 Å². The van der Waals surface area contributed by atoms with Crippen LogP contribution >= 0.6 is 23.2 Å². The van der Waals surface area contributed by atoms with Crippen molar-refractivity contribution < 1.29 is 19.3 Å². The van der Waals surface area contributed by atoms with Crippen molar-refractivity contribution in [3.05, 3.63) is 98.5 Å². The molecular weight excluding hydrogens is 469 g/mol. The molecule has 2 aliphatic rings. The van der Waals surface area contributed by atoms with Crippen molar-refractivity contribution in [2.45, 2.75) is 12.1 Å². The van der Waals surface area contributed by atoms with Crippen molar-refractivity contribution in [3.8, 4) is 0 Å². The Morgan fingerprint density at radius 3 is 2.30 bits per heavy atom. The van der Waals surface area contributed by atoms with Crippen LogP contribution in [0.3, 0.4) is 0 Å². The number of carbonyl (C=O) groups excluding carboxylic acids is 2. The average molecular weight is 484 g/mol. The molecule has 0 aromatic heterocycles. The molecule has 8 nitrogen and oxygen atoms in total. The molecule has 2 saturated heterocycles. The van der Waals surface area contributed by atoms with E-state index < -0.39 is 34.8 Å². The molecule has 2 amide bonds. The second kappa shape index (κ2) is 8.15. The Hall–Kier alpha value is -3.46. The summed E-state index contributed by atoms with van der Waals surface area (Å²) >= 11 is 12.1. The van der Waals surface area contributed by atoms with E-state index in [2.05, 4.69) is 0 Å². The van der Waals surface area contributed by atoms with Gasteiger partial charge in [-0.3, -0.25) is 24.5 Å². The highest BCUT2D eigenvalue weighted by molar-refractivity contribution is 6.42. The molecule has 5 rings (SSSR count). The fourth-order valence-electron chi connectivity index (χ4n) is 4.25. The molecule has 0 radical (unpaired) electrons. The van der Waals surface area contributed by atoms with E-state index in [-0.39, 0.29) is 16.4 Å². The number of hydrogen-bond donors (Lipinski definition) is 0. The maximum Gasteiger partial charge on any atom is 0.269 e. The molecule has 0 N–H and O–H groups in total. The largest absolute Gasteiger partial charge is 0.273 e. The van der Waals surface area contributed by atoms with Crippen LogP contribution < -0.4 is 9.96 Å². The third-order valence-electron chi connectivity index (χ3n) is 5.71. The molecule has 166 valence electrons. The highest BCUT2D eigenvalue weighted by atomic mass is 35.5. The Bertz CT molecular complexity index is 1290. The number of hydrogen-bond acceptors (Lipinski definition) is 6. The Morgan fingerprint density at radius 1 is 0.848 bits per heavy atom. The Balaban J connectivity index is 1.60. The number of amides is 2. The first-order valence-corrected chi connectivity index (χ1v) is 10.7. The minimum absolute atomic E-state index is 0.123. The van der Waals surface area contributed by atoms with Crippen LogP contribution in [-0.4, -0.2) is 22.8 Å². The van der Waals surface area contributed by atoms with Gasteiger partial charge in [0, 0.05) is 12.1 Å². The van der Waals surface area contributed by atoms with Gasteiger partial charge in [-0.1, -0.05) is 53.5 Å². The number of nitro benzene ring substituents is 1. The van der Waals surface area contributed by atoms with E-state index in [1.165, 1.54) is 35.4 Å². The van der Waals surface area contributed by atoms with Crippen molar-refractivity contribution in [2.75, 3.05) is 9.96 Å². The van der Waals surface area contributed by atoms with Crippen molar-refractivity contribution in [3.63, 3.8) is 0 Å². The summed E-state index contributed by atoms with van der Waals surface area (Å²) in [6.07, 6.45) is -1.10. The van der Waals surface area contributed by atoms with Crippen LogP contribution in [0.4, 0.5) is 17.1 Å². The molecule has 10 heteroatoms. The fraction of sp³-hybridized carbons (Fsp3) is 0.130. The number of anilines is 2. The van der Waals surface area contributed by atoms with E-state index in [1.807, 2.05) is 6.07 Å². The van der Waals surface area contributed by atoms with Crippen LogP contribution in [0.25, 0.3) is 0 Å². The number of fused-ring (bicyclic) bond motifs is 1. The van der Waals surface area contributed by atoms with Gasteiger partial charge in [0.2, 0.25) is 5.91 Å². The number of non-ortho nitro benzene ring substituents is 1. The topological polar surface area (TPSA) is 93.0 Å². The van der Waals surface area contributed by atoms with Gasteiger partial charge in [-0.05, 0) is 35.9 Å².